The highest BCUT2D eigenvalue weighted by Gasteiger charge is 2.31. The third kappa shape index (κ3) is 2.07. The first-order chi connectivity index (χ1) is 8.15. The second kappa shape index (κ2) is 4.65. The molecule has 1 aromatic carbocycles. The zero-order chi connectivity index (χ0) is 12.4. The Balaban J connectivity index is 2.36. The SMILES string of the molecule is CNC(=O)C1CCCN1c1c(C)cccc1N. The molecule has 1 amide bonds. The van der Waals surface area contributed by atoms with Crippen LogP contribution in [0.15, 0.2) is 18.2 Å². The number of anilines is 2. The normalized spacial score (nSPS) is 19.4. The van der Waals surface area contributed by atoms with Gasteiger partial charge in [0.25, 0.3) is 0 Å². The Morgan fingerprint density at radius 1 is 1.53 bits per heavy atom. The molecule has 1 aliphatic rings. The highest BCUT2D eigenvalue weighted by atomic mass is 16.2. The third-order valence-electron chi connectivity index (χ3n) is 3.36. The van der Waals surface area contributed by atoms with E-state index in [4.69, 9.17) is 5.73 Å². The van der Waals surface area contributed by atoms with Crippen molar-refractivity contribution in [2.45, 2.75) is 25.8 Å². The molecule has 1 fully saturated rings. The maximum absolute atomic E-state index is 11.8. The second-order valence-electron chi connectivity index (χ2n) is 4.48. The molecule has 0 aromatic heterocycles. The molecule has 0 saturated carbocycles. The van der Waals surface area contributed by atoms with Crippen molar-refractivity contribution in [3.05, 3.63) is 23.8 Å². The number of amides is 1. The maximum Gasteiger partial charge on any atom is 0.242 e. The van der Waals surface area contributed by atoms with Gasteiger partial charge in [-0.05, 0) is 31.4 Å². The summed E-state index contributed by atoms with van der Waals surface area (Å²) in [6, 6.07) is 5.79. The average molecular weight is 233 g/mol. The van der Waals surface area contributed by atoms with Gasteiger partial charge in [-0.3, -0.25) is 4.79 Å². The van der Waals surface area contributed by atoms with Gasteiger partial charge < -0.3 is 16.0 Å². The van der Waals surface area contributed by atoms with Gasteiger partial charge in [-0.2, -0.15) is 0 Å². The molecule has 4 nitrogen and oxygen atoms in total. The molecule has 2 rings (SSSR count). The number of rotatable bonds is 2. The lowest BCUT2D eigenvalue weighted by atomic mass is 10.1. The Labute approximate surface area is 102 Å². The van der Waals surface area contributed by atoms with Crippen molar-refractivity contribution >= 4 is 17.3 Å². The number of likely N-dealkylation sites (N-methyl/N-ethyl adjacent to an activating group) is 1. The zero-order valence-electron chi connectivity index (χ0n) is 10.4. The number of carbonyl (C=O) groups is 1. The van der Waals surface area contributed by atoms with Gasteiger partial charge in [0.1, 0.15) is 6.04 Å². The van der Waals surface area contributed by atoms with Crippen LogP contribution >= 0.6 is 0 Å². The van der Waals surface area contributed by atoms with E-state index in [0.717, 1.165) is 36.3 Å². The number of benzene rings is 1. The van der Waals surface area contributed by atoms with Crippen molar-refractivity contribution in [2.75, 3.05) is 24.2 Å². The lowest BCUT2D eigenvalue weighted by Gasteiger charge is -2.28. The zero-order valence-corrected chi connectivity index (χ0v) is 10.4. The minimum absolute atomic E-state index is 0.0742. The fourth-order valence-electron chi connectivity index (χ4n) is 2.55. The fourth-order valence-corrected chi connectivity index (χ4v) is 2.55. The van der Waals surface area contributed by atoms with Crippen molar-refractivity contribution < 1.29 is 4.79 Å². The third-order valence-corrected chi connectivity index (χ3v) is 3.36. The first-order valence-electron chi connectivity index (χ1n) is 5.98. The molecule has 3 N–H and O–H groups in total. The van der Waals surface area contributed by atoms with Crippen LogP contribution in [0.25, 0.3) is 0 Å². The van der Waals surface area contributed by atoms with Gasteiger partial charge in [0.2, 0.25) is 5.91 Å². The van der Waals surface area contributed by atoms with E-state index in [1.807, 2.05) is 25.1 Å². The lowest BCUT2D eigenvalue weighted by Crippen LogP contribution is -2.42. The molecule has 1 aliphatic heterocycles. The molecule has 1 aromatic rings. The van der Waals surface area contributed by atoms with Gasteiger partial charge in [0.15, 0.2) is 0 Å². The van der Waals surface area contributed by atoms with Crippen molar-refractivity contribution in [3.63, 3.8) is 0 Å². The van der Waals surface area contributed by atoms with Crippen LogP contribution in [-0.4, -0.2) is 25.5 Å². The van der Waals surface area contributed by atoms with E-state index in [1.54, 1.807) is 7.05 Å². The molecule has 1 atom stereocenters. The van der Waals surface area contributed by atoms with Crippen LogP contribution in [0.5, 0.6) is 0 Å². The number of hydrogen-bond donors (Lipinski definition) is 2. The average Bonchev–Trinajstić information content (AvgIpc) is 2.77. The number of para-hydroxylation sites is 1. The topological polar surface area (TPSA) is 58.4 Å². The lowest BCUT2D eigenvalue weighted by molar-refractivity contribution is -0.121. The van der Waals surface area contributed by atoms with Crippen molar-refractivity contribution in [1.82, 2.24) is 5.32 Å². The van der Waals surface area contributed by atoms with Crippen molar-refractivity contribution in [3.8, 4) is 0 Å². The maximum atomic E-state index is 11.8. The van der Waals surface area contributed by atoms with E-state index in [0.29, 0.717) is 0 Å². The van der Waals surface area contributed by atoms with E-state index >= 15 is 0 Å². The van der Waals surface area contributed by atoms with Crippen LogP contribution in [0.1, 0.15) is 18.4 Å². The second-order valence-corrected chi connectivity index (χ2v) is 4.48. The summed E-state index contributed by atoms with van der Waals surface area (Å²) in [5, 5.41) is 2.72. The number of aryl methyl sites for hydroxylation is 1. The smallest absolute Gasteiger partial charge is 0.242 e. The summed E-state index contributed by atoms with van der Waals surface area (Å²) in [5.74, 6) is 0.0742. The summed E-state index contributed by atoms with van der Waals surface area (Å²) < 4.78 is 0. The molecule has 0 spiro atoms. The van der Waals surface area contributed by atoms with Crippen LogP contribution in [0.3, 0.4) is 0 Å². The van der Waals surface area contributed by atoms with E-state index in [2.05, 4.69) is 10.2 Å². The highest BCUT2D eigenvalue weighted by molar-refractivity contribution is 5.87. The molecule has 1 heterocycles. The molecular formula is C13H19N3O. The van der Waals surface area contributed by atoms with Gasteiger partial charge >= 0.3 is 0 Å². The Kier molecular flexibility index (Phi) is 3.22. The van der Waals surface area contributed by atoms with E-state index in [1.165, 1.54) is 0 Å². The minimum Gasteiger partial charge on any atom is -0.397 e. The predicted octanol–water partition coefficient (Wildman–Crippen LogP) is 1.29. The van der Waals surface area contributed by atoms with Crippen LogP contribution in [0, 0.1) is 6.92 Å². The first-order valence-corrected chi connectivity index (χ1v) is 5.98. The first kappa shape index (κ1) is 11.8. The number of nitrogens with two attached hydrogens (primary N) is 1. The van der Waals surface area contributed by atoms with E-state index < -0.39 is 0 Å². The Morgan fingerprint density at radius 2 is 2.29 bits per heavy atom. The summed E-state index contributed by atoms with van der Waals surface area (Å²) in [6.07, 6.45) is 1.93. The van der Waals surface area contributed by atoms with Gasteiger partial charge in [-0.25, -0.2) is 0 Å². The Hall–Kier alpha value is -1.71. The summed E-state index contributed by atoms with van der Waals surface area (Å²) in [4.78, 5) is 14.0. The summed E-state index contributed by atoms with van der Waals surface area (Å²) >= 11 is 0. The number of carbonyl (C=O) groups excluding carboxylic acids is 1. The predicted molar refractivity (Wildman–Crippen MR) is 70.0 cm³/mol. The monoisotopic (exact) mass is 233 g/mol. The van der Waals surface area contributed by atoms with Crippen LogP contribution in [-0.2, 0) is 4.79 Å². The summed E-state index contributed by atoms with van der Waals surface area (Å²) in [6.45, 7) is 2.93. The molecule has 4 heteroatoms. The van der Waals surface area contributed by atoms with E-state index in [9.17, 15) is 4.79 Å². The van der Waals surface area contributed by atoms with Gasteiger partial charge in [0.05, 0.1) is 11.4 Å². The van der Waals surface area contributed by atoms with Crippen LogP contribution in [0.2, 0.25) is 0 Å². The molecule has 0 aliphatic carbocycles. The van der Waals surface area contributed by atoms with Gasteiger partial charge in [-0.15, -0.1) is 0 Å². The van der Waals surface area contributed by atoms with Gasteiger partial charge in [-0.1, -0.05) is 12.1 Å². The molecule has 92 valence electrons. The molecular weight excluding hydrogens is 214 g/mol. The Morgan fingerprint density at radius 3 is 2.94 bits per heavy atom. The fraction of sp³-hybridized carbons (Fsp3) is 0.462. The summed E-state index contributed by atoms with van der Waals surface area (Å²) in [7, 11) is 1.68. The molecule has 1 unspecified atom stereocenters. The number of hydrogen-bond acceptors (Lipinski definition) is 3. The molecule has 0 radical (unpaired) electrons. The summed E-state index contributed by atoms with van der Waals surface area (Å²) in [5.41, 5.74) is 8.92. The van der Waals surface area contributed by atoms with Crippen LogP contribution in [0.4, 0.5) is 11.4 Å². The Bertz CT molecular complexity index is 410. The molecule has 0 bridgehead atoms. The minimum atomic E-state index is -0.0802. The standard InChI is InChI=1S/C13H19N3O/c1-9-5-3-6-10(14)12(9)16-8-4-7-11(16)13(17)15-2/h3,5-6,11H,4,7-8,14H2,1-2H3,(H,15,17). The molecule has 17 heavy (non-hydrogen) atoms. The quantitative estimate of drug-likeness (QED) is 0.757. The van der Waals surface area contributed by atoms with E-state index in [-0.39, 0.29) is 11.9 Å². The van der Waals surface area contributed by atoms with Crippen molar-refractivity contribution in [1.29, 1.82) is 0 Å². The molecule has 1 saturated heterocycles. The number of nitrogens with zero attached hydrogens (tertiary/aromatic N) is 1. The highest BCUT2D eigenvalue weighted by Crippen LogP contribution is 2.33. The van der Waals surface area contributed by atoms with Crippen LogP contribution < -0.4 is 16.0 Å². The number of nitrogen functional groups attached to an aromatic ring is 1. The van der Waals surface area contributed by atoms with Gasteiger partial charge in [0, 0.05) is 13.6 Å². The number of nitrogens with one attached hydrogen (secondary N) is 1. The van der Waals surface area contributed by atoms with Crippen molar-refractivity contribution in [2.24, 2.45) is 0 Å². The largest absolute Gasteiger partial charge is 0.397 e.